The highest BCUT2D eigenvalue weighted by Crippen LogP contribution is 2.30. The average Bonchev–Trinajstić information content (AvgIpc) is 3.00. The van der Waals surface area contributed by atoms with Gasteiger partial charge in [-0.1, -0.05) is 144 Å². The number of ether oxygens (including phenoxy) is 1. The van der Waals surface area contributed by atoms with Gasteiger partial charge in [-0.15, -0.1) is 0 Å². The lowest BCUT2D eigenvalue weighted by molar-refractivity contribution is -0.137. The molecule has 42 heavy (non-hydrogen) atoms. The molecule has 0 N–H and O–H groups in total. The number of benzene rings is 1. The van der Waals surface area contributed by atoms with Crippen LogP contribution in [-0.2, 0) is 22.8 Å². The Morgan fingerprint density at radius 3 is 1.60 bits per heavy atom. The second-order valence-electron chi connectivity index (χ2n) is 14.0. The molecule has 0 radical (unpaired) electrons. The molecule has 1 aromatic carbocycles. The first kappa shape index (κ1) is 37.4. The highest BCUT2D eigenvalue weighted by Gasteiger charge is 2.38. The highest BCUT2D eigenvalue weighted by atomic mass is 28.4. The minimum atomic E-state index is -2.48. The van der Waals surface area contributed by atoms with Gasteiger partial charge in [0.05, 0.1) is 16.1 Å². The van der Waals surface area contributed by atoms with Gasteiger partial charge in [-0.25, -0.2) is 0 Å². The van der Waals surface area contributed by atoms with Crippen molar-refractivity contribution in [3.05, 3.63) is 24.3 Å². The molecule has 1 aromatic rings. The number of hydrogen-bond acceptors (Lipinski definition) is 5. The van der Waals surface area contributed by atoms with Gasteiger partial charge in [-0.05, 0) is 31.6 Å². The molecular weight excluding hydrogens is 573 g/mol. The van der Waals surface area contributed by atoms with Gasteiger partial charge in [-0.3, -0.25) is 4.79 Å². The van der Waals surface area contributed by atoms with Gasteiger partial charge in [0.2, 0.25) is 0 Å². The molecule has 0 saturated heterocycles. The van der Waals surface area contributed by atoms with Crippen LogP contribution in [-0.4, -0.2) is 58.9 Å². The Kier molecular flexibility index (Phi) is 17.4. The van der Waals surface area contributed by atoms with Crippen LogP contribution in [0.3, 0.4) is 0 Å². The fourth-order valence-electron chi connectivity index (χ4n) is 6.93. The lowest BCUT2D eigenvalue weighted by Crippen LogP contribution is -2.46. The predicted octanol–water partition coefficient (Wildman–Crippen LogP) is 8.42. The molecule has 0 bridgehead atoms. The average molecular weight is 637 g/mol. The van der Waals surface area contributed by atoms with Crippen LogP contribution in [0.1, 0.15) is 96.3 Å². The Hall–Kier alpha value is -0.779. The smallest absolute Gasteiger partial charge is 0.464 e. The van der Waals surface area contributed by atoms with E-state index in [-0.39, 0.29) is 6.10 Å². The third-order valence-corrected chi connectivity index (χ3v) is 19.9. The molecule has 242 valence electrons. The van der Waals surface area contributed by atoms with Gasteiger partial charge in [0, 0.05) is 27.4 Å². The van der Waals surface area contributed by atoms with Crippen molar-refractivity contribution in [3.63, 3.8) is 0 Å². The van der Waals surface area contributed by atoms with Crippen molar-refractivity contribution in [3.8, 4) is 0 Å². The fourth-order valence-corrected chi connectivity index (χ4v) is 13.9. The first-order valence-electron chi connectivity index (χ1n) is 17.0. The van der Waals surface area contributed by atoms with Gasteiger partial charge in [0.1, 0.15) is 6.10 Å². The SMILES string of the molecule is CO[Si](CCC[Si](C)(C)c1ccc([Si](C)(C)CCCCCCCCCCC(OC=O)C2CCCCC2)cc1)(OC)OC. The van der Waals surface area contributed by atoms with E-state index >= 15 is 0 Å². The summed E-state index contributed by atoms with van der Waals surface area (Å²) in [5, 5.41) is 3.15. The van der Waals surface area contributed by atoms with Crippen molar-refractivity contribution in [2.45, 2.75) is 147 Å². The Morgan fingerprint density at radius 1 is 0.667 bits per heavy atom. The van der Waals surface area contributed by atoms with Gasteiger partial charge >= 0.3 is 8.80 Å². The molecule has 0 aromatic heterocycles. The maximum atomic E-state index is 11.0. The quantitative estimate of drug-likeness (QED) is 0.0686. The van der Waals surface area contributed by atoms with Crippen LogP contribution in [0.2, 0.25) is 44.3 Å². The van der Waals surface area contributed by atoms with Crippen LogP contribution in [0, 0.1) is 5.92 Å². The summed E-state index contributed by atoms with van der Waals surface area (Å²) in [4.78, 5) is 11.0. The first-order chi connectivity index (χ1) is 20.1. The number of unbranched alkanes of at least 4 members (excludes halogenated alkanes) is 7. The van der Waals surface area contributed by atoms with E-state index in [4.69, 9.17) is 18.0 Å². The maximum Gasteiger partial charge on any atom is 0.500 e. The lowest BCUT2D eigenvalue weighted by Gasteiger charge is -2.28. The Labute approximate surface area is 262 Å². The van der Waals surface area contributed by atoms with Gasteiger partial charge in [0.25, 0.3) is 6.47 Å². The second kappa shape index (κ2) is 19.6. The fraction of sp³-hybridized carbons (Fsp3) is 0.794. The van der Waals surface area contributed by atoms with Crippen LogP contribution in [0.4, 0.5) is 0 Å². The zero-order valence-electron chi connectivity index (χ0n) is 28.3. The molecule has 1 atom stereocenters. The van der Waals surface area contributed by atoms with E-state index in [1.54, 1.807) is 31.7 Å². The molecule has 1 fully saturated rings. The standard InChI is InChI=1S/C34H64O5Si3/c1-36-42(37-2,38-3)29-19-28-41(6,7)33-25-23-32(24-26-33)40(4,5)27-18-13-11-9-8-10-12-17-22-34(39-30-35)31-20-15-14-16-21-31/h23-26,30-31,34H,8-22,27-29H2,1-7H3. The molecule has 1 aliphatic carbocycles. The Bertz CT molecular complexity index is 843. The van der Waals surface area contributed by atoms with E-state index in [9.17, 15) is 4.79 Å². The predicted molar refractivity (Wildman–Crippen MR) is 186 cm³/mol. The molecule has 2 rings (SSSR count). The van der Waals surface area contributed by atoms with E-state index in [0.717, 1.165) is 18.9 Å². The number of carbonyl (C=O) groups is 1. The van der Waals surface area contributed by atoms with Crippen molar-refractivity contribution in [2.75, 3.05) is 21.3 Å². The van der Waals surface area contributed by atoms with Crippen molar-refractivity contribution in [1.29, 1.82) is 0 Å². The van der Waals surface area contributed by atoms with E-state index in [2.05, 4.69) is 50.5 Å². The zero-order chi connectivity index (χ0) is 30.9. The van der Waals surface area contributed by atoms with E-state index in [1.165, 1.54) is 95.6 Å². The van der Waals surface area contributed by atoms with Crippen LogP contribution in [0.25, 0.3) is 0 Å². The zero-order valence-corrected chi connectivity index (χ0v) is 31.3. The minimum Gasteiger partial charge on any atom is -0.464 e. The summed E-state index contributed by atoms with van der Waals surface area (Å²) in [7, 11) is -0.293. The van der Waals surface area contributed by atoms with Gasteiger partial charge < -0.3 is 18.0 Å². The molecule has 1 unspecified atom stereocenters. The number of hydrogen-bond donors (Lipinski definition) is 0. The summed E-state index contributed by atoms with van der Waals surface area (Å²) in [6.07, 6.45) is 19.3. The molecule has 0 aliphatic heterocycles. The summed E-state index contributed by atoms with van der Waals surface area (Å²) in [6.45, 7) is 10.7. The van der Waals surface area contributed by atoms with Crippen LogP contribution >= 0.6 is 0 Å². The summed E-state index contributed by atoms with van der Waals surface area (Å²) in [6, 6.07) is 13.3. The normalized spacial score (nSPS) is 16.0. The van der Waals surface area contributed by atoms with Crippen molar-refractivity contribution in [1.82, 2.24) is 0 Å². The largest absolute Gasteiger partial charge is 0.500 e. The molecule has 0 heterocycles. The topological polar surface area (TPSA) is 54.0 Å². The van der Waals surface area contributed by atoms with E-state index in [0.29, 0.717) is 12.4 Å². The Morgan fingerprint density at radius 2 is 1.12 bits per heavy atom. The molecule has 0 amide bonds. The van der Waals surface area contributed by atoms with Gasteiger partial charge in [-0.2, -0.15) is 0 Å². The third-order valence-electron chi connectivity index (χ3n) is 10.1. The minimum absolute atomic E-state index is 0.167. The maximum absolute atomic E-state index is 11.0. The summed E-state index contributed by atoms with van der Waals surface area (Å²) in [5.74, 6) is 0.607. The van der Waals surface area contributed by atoms with Crippen LogP contribution < -0.4 is 10.4 Å². The lowest BCUT2D eigenvalue weighted by atomic mass is 9.83. The summed E-state index contributed by atoms with van der Waals surface area (Å²) < 4.78 is 22.3. The van der Waals surface area contributed by atoms with Crippen molar-refractivity contribution in [2.24, 2.45) is 5.92 Å². The second-order valence-corrected chi connectivity index (χ2v) is 26.8. The van der Waals surface area contributed by atoms with Crippen molar-refractivity contribution >= 4 is 41.8 Å². The number of carbonyl (C=O) groups excluding carboxylic acids is 1. The van der Waals surface area contributed by atoms with E-state index < -0.39 is 25.0 Å². The molecular formula is C34H64O5Si3. The highest BCUT2D eigenvalue weighted by molar-refractivity contribution is 6.91. The molecule has 8 heteroatoms. The third kappa shape index (κ3) is 12.7. The molecule has 0 spiro atoms. The molecule has 1 saturated carbocycles. The first-order valence-corrected chi connectivity index (χ1v) is 25.3. The number of rotatable bonds is 23. The molecule has 5 nitrogen and oxygen atoms in total. The molecule has 1 aliphatic rings. The Balaban J connectivity index is 1.63. The van der Waals surface area contributed by atoms with Gasteiger partial charge in [0.15, 0.2) is 0 Å². The monoisotopic (exact) mass is 636 g/mol. The summed E-state index contributed by atoms with van der Waals surface area (Å²) in [5.41, 5.74) is 0. The van der Waals surface area contributed by atoms with Crippen molar-refractivity contribution < 1.29 is 22.8 Å². The summed E-state index contributed by atoms with van der Waals surface area (Å²) >= 11 is 0. The van der Waals surface area contributed by atoms with E-state index in [1.807, 2.05) is 0 Å². The van der Waals surface area contributed by atoms with Crippen LogP contribution in [0.5, 0.6) is 0 Å². The van der Waals surface area contributed by atoms with Crippen LogP contribution in [0.15, 0.2) is 24.3 Å².